The van der Waals surface area contributed by atoms with Crippen LogP contribution in [0.25, 0.3) is 0 Å². The minimum atomic E-state index is -2.90. The smallest absolute Gasteiger partial charge is 0.387 e. The number of carbonyl (C=O) groups excluding carboxylic acids is 1. The van der Waals surface area contributed by atoms with Crippen molar-refractivity contribution in [2.24, 2.45) is 0 Å². The van der Waals surface area contributed by atoms with E-state index in [2.05, 4.69) is 23.9 Å². The molecule has 0 bridgehead atoms. The maximum Gasteiger partial charge on any atom is 0.387 e. The molecule has 0 spiro atoms. The van der Waals surface area contributed by atoms with Gasteiger partial charge in [0.25, 0.3) is 5.91 Å². The summed E-state index contributed by atoms with van der Waals surface area (Å²) in [5.74, 6) is 1.36. The Morgan fingerprint density at radius 3 is 2.37 bits per heavy atom. The molecule has 0 radical (unpaired) electrons. The quantitative estimate of drug-likeness (QED) is 0.480. The molecule has 7 heteroatoms. The molecule has 1 aromatic heterocycles. The van der Waals surface area contributed by atoms with Gasteiger partial charge in [0.15, 0.2) is 5.76 Å². The molecule has 0 aliphatic carbocycles. The van der Waals surface area contributed by atoms with Crippen molar-refractivity contribution in [2.45, 2.75) is 39.9 Å². The molecule has 1 amide bonds. The molecule has 1 heterocycles. The van der Waals surface area contributed by atoms with E-state index < -0.39 is 12.5 Å². The summed E-state index contributed by atoms with van der Waals surface area (Å²) in [4.78, 5) is 12.4. The average Bonchev–Trinajstić information content (AvgIpc) is 3.17. The predicted octanol–water partition coefficient (Wildman–Crippen LogP) is 6.14. The molecule has 3 rings (SSSR count). The van der Waals surface area contributed by atoms with Crippen LogP contribution in [0.15, 0.2) is 59.0 Å². The molecule has 0 fully saturated rings. The number of ether oxygens (including phenoxy) is 2. The number of anilines is 1. The summed E-state index contributed by atoms with van der Waals surface area (Å²) in [5, 5.41) is 2.69. The van der Waals surface area contributed by atoms with Crippen molar-refractivity contribution in [2.75, 3.05) is 5.32 Å². The molecule has 3 aromatic rings. The Morgan fingerprint density at radius 1 is 1.03 bits per heavy atom. The lowest BCUT2D eigenvalue weighted by Gasteiger charge is -2.10. The highest BCUT2D eigenvalue weighted by Gasteiger charge is 2.14. The molecular weight excluding hydrogens is 392 g/mol. The fraction of sp³-hybridized carbons (Fsp3) is 0.261. The number of carbonyl (C=O) groups is 1. The van der Waals surface area contributed by atoms with Crippen LogP contribution in [0.4, 0.5) is 14.5 Å². The first-order chi connectivity index (χ1) is 14.3. The summed E-state index contributed by atoms with van der Waals surface area (Å²) in [7, 11) is 0. The molecule has 0 aliphatic rings. The summed E-state index contributed by atoms with van der Waals surface area (Å²) in [6, 6.07) is 15.3. The second-order valence-corrected chi connectivity index (χ2v) is 7.09. The van der Waals surface area contributed by atoms with Gasteiger partial charge in [0.2, 0.25) is 0 Å². The number of rotatable bonds is 8. The number of benzene rings is 2. The van der Waals surface area contributed by atoms with Crippen LogP contribution in [-0.2, 0) is 6.61 Å². The molecule has 2 aromatic carbocycles. The highest BCUT2D eigenvalue weighted by atomic mass is 19.3. The molecule has 0 unspecified atom stereocenters. The highest BCUT2D eigenvalue weighted by molar-refractivity contribution is 6.02. The summed E-state index contributed by atoms with van der Waals surface area (Å²) in [6.07, 6.45) is 0. The van der Waals surface area contributed by atoms with Crippen molar-refractivity contribution in [1.29, 1.82) is 0 Å². The van der Waals surface area contributed by atoms with E-state index in [1.54, 1.807) is 19.1 Å². The Labute approximate surface area is 173 Å². The monoisotopic (exact) mass is 415 g/mol. The number of alkyl halides is 2. The second-order valence-electron chi connectivity index (χ2n) is 7.09. The van der Waals surface area contributed by atoms with Crippen molar-refractivity contribution in [3.05, 3.63) is 77.2 Å². The Hall–Kier alpha value is -3.35. The number of hydrogen-bond acceptors (Lipinski definition) is 4. The van der Waals surface area contributed by atoms with Crippen molar-refractivity contribution < 1.29 is 27.5 Å². The predicted molar refractivity (Wildman–Crippen MR) is 109 cm³/mol. The van der Waals surface area contributed by atoms with E-state index in [4.69, 9.17) is 9.15 Å². The van der Waals surface area contributed by atoms with Gasteiger partial charge in [-0.05, 0) is 66.4 Å². The molecule has 1 N–H and O–H groups in total. The number of halogens is 2. The van der Waals surface area contributed by atoms with E-state index in [9.17, 15) is 13.6 Å². The van der Waals surface area contributed by atoms with E-state index in [0.29, 0.717) is 28.7 Å². The van der Waals surface area contributed by atoms with Crippen LogP contribution < -0.4 is 14.8 Å². The van der Waals surface area contributed by atoms with Gasteiger partial charge in [-0.15, -0.1) is 0 Å². The first kappa shape index (κ1) is 21.4. The number of aryl methyl sites for hydroxylation is 1. The van der Waals surface area contributed by atoms with Crippen LogP contribution in [0, 0.1) is 6.92 Å². The minimum absolute atomic E-state index is 0.0272. The maximum absolute atomic E-state index is 12.4. The highest BCUT2D eigenvalue weighted by Crippen LogP contribution is 2.24. The topological polar surface area (TPSA) is 60.7 Å². The summed E-state index contributed by atoms with van der Waals surface area (Å²) in [5.41, 5.74) is 2.28. The fourth-order valence-corrected chi connectivity index (χ4v) is 2.82. The third-order valence-electron chi connectivity index (χ3n) is 4.48. The minimum Gasteiger partial charge on any atom is -0.486 e. The van der Waals surface area contributed by atoms with Gasteiger partial charge >= 0.3 is 6.61 Å². The van der Waals surface area contributed by atoms with Crippen LogP contribution >= 0.6 is 0 Å². The van der Waals surface area contributed by atoms with Gasteiger partial charge in [-0.3, -0.25) is 4.79 Å². The molecule has 5 nitrogen and oxygen atoms in total. The Bertz CT molecular complexity index is 997. The van der Waals surface area contributed by atoms with E-state index in [0.717, 1.165) is 0 Å². The largest absolute Gasteiger partial charge is 0.486 e. The van der Waals surface area contributed by atoms with E-state index in [1.807, 2.05) is 24.3 Å². The Kier molecular flexibility index (Phi) is 6.72. The zero-order valence-corrected chi connectivity index (χ0v) is 16.9. The van der Waals surface area contributed by atoms with Gasteiger partial charge in [-0.1, -0.05) is 26.0 Å². The summed E-state index contributed by atoms with van der Waals surface area (Å²) in [6.45, 7) is 3.21. The lowest BCUT2D eigenvalue weighted by molar-refractivity contribution is -0.0498. The summed E-state index contributed by atoms with van der Waals surface area (Å²) >= 11 is 0. The first-order valence-corrected chi connectivity index (χ1v) is 9.50. The molecule has 0 aliphatic heterocycles. The zero-order valence-electron chi connectivity index (χ0n) is 16.9. The SMILES string of the molecule is Cc1cc(OC(F)F)ccc1NC(=O)c1ccc(COc2ccc(C(C)C)cc2)o1. The van der Waals surface area contributed by atoms with Crippen molar-refractivity contribution in [3.8, 4) is 11.5 Å². The van der Waals surface area contributed by atoms with E-state index in [1.165, 1.54) is 23.8 Å². The van der Waals surface area contributed by atoms with E-state index >= 15 is 0 Å². The van der Waals surface area contributed by atoms with Crippen LogP contribution in [0.1, 0.15) is 47.2 Å². The lowest BCUT2D eigenvalue weighted by atomic mass is 10.0. The van der Waals surface area contributed by atoms with Crippen LogP contribution in [0.5, 0.6) is 11.5 Å². The van der Waals surface area contributed by atoms with E-state index in [-0.39, 0.29) is 18.1 Å². The zero-order chi connectivity index (χ0) is 21.7. The first-order valence-electron chi connectivity index (χ1n) is 9.50. The molecule has 0 saturated carbocycles. The lowest BCUT2D eigenvalue weighted by Crippen LogP contribution is -2.12. The molecule has 30 heavy (non-hydrogen) atoms. The van der Waals surface area contributed by atoms with Crippen LogP contribution in [-0.4, -0.2) is 12.5 Å². The van der Waals surface area contributed by atoms with Crippen molar-refractivity contribution in [1.82, 2.24) is 0 Å². The maximum atomic E-state index is 12.4. The Morgan fingerprint density at radius 2 is 1.73 bits per heavy atom. The normalized spacial score (nSPS) is 11.0. The molecular formula is C23H23F2NO4. The fourth-order valence-electron chi connectivity index (χ4n) is 2.82. The van der Waals surface area contributed by atoms with Gasteiger partial charge in [0.05, 0.1) is 0 Å². The third-order valence-corrected chi connectivity index (χ3v) is 4.48. The molecule has 158 valence electrons. The Balaban J connectivity index is 1.58. The number of amides is 1. The standard InChI is InChI=1S/C23H23F2NO4/c1-14(2)16-4-6-17(7-5-16)28-13-19-9-11-21(29-19)22(27)26-20-10-8-18(12-15(20)3)30-23(24)25/h4-12,14,23H,13H2,1-3H3,(H,26,27). The molecule has 0 saturated heterocycles. The number of nitrogens with one attached hydrogen (secondary N) is 1. The number of furan rings is 1. The van der Waals surface area contributed by atoms with Crippen LogP contribution in [0.3, 0.4) is 0 Å². The number of hydrogen-bond donors (Lipinski definition) is 1. The van der Waals surface area contributed by atoms with Crippen LogP contribution in [0.2, 0.25) is 0 Å². The molecule has 0 atom stereocenters. The van der Waals surface area contributed by atoms with Gasteiger partial charge in [0, 0.05) is 5.69 Å². The van der Waals surface area contributed by atoms with Gasteiger partial charge in [-0.2, -0.15) is 8.78 Å². The second kappa shape index (κ2) is 9.43. The summed E-state index contributed by atoms with van der Waals surface area (Å²) < 4.78 is 40.2. The third kappa shape index (κ3) is 5.59. The van der Waals surface area contributed by atoms with Crippen molar-refractivity contribution >= 4 is 11.6 Å². The average molecular weight is 415 g/mol. The van der Waals surface area contributed by atoms with Gasteiger partial charge in [0.1, 0.15) is 23.9 Å². The van der Waals surface area contributed by atoms with Crippen molar-refractivity contribution in [3.63, 3.8) is 0 Å². The van der Waals surface area contributed by atoms with Gasteiger partial charge < -0.3 is 19.2 Å². The van der Waals surface area contributed by atoms with Gasteiger partial charge in [-0.25, -0.2) is 0 Å².